The van der Waals surface area contributed by atoms with E-state index in [0.717, 1.165) is 40.4 Å². The number of aryl methyl sites for hydroxylation is 1. The smallest absolute Gasteiger partial charge is 0.221 e. The number of nitrogens with zero attached hydrogens (tertiary/aromatic N) is 1. The highest BCUT2D eigenvalue weighted by Crippen LogP contribution is 2.37. The van der Waals surface area contributed by atoms with Crippen molar-refractivity contribution in [2.24, 2.45) is 0 Å². The maximum Gasteiger partial charge on any atom is 0.221 e. The van der Waals surface area contributed by atoms with Gasteiger partial charge in [0.05, 0.1) is 16.6 Å². The van der Waals surface area contributed by atoms with Crippen LogP contribution in [0.1, 0.15) is 35.9 Å². The van der Waals surface area contributed by atoms with E-state index in [1.807, 2.05) is 7.05 Å². The summed E-state index contributed by atoms with van der Waals surface area (Å²) in [5.41, 5.74) is 1.99. The fraction of sp³-hybridized carbons (Fsp3) is 0.412. The summed E-state index contributed by atoms with van der Waals surface area (Å²) in [6.45, 7) is 0.676. The Balaban J connectivity index is 0.00000208. The highest BCUT2D eigenvalue weighted by atomic mass is 35.5. The molecule has 0 saturated carbocycles. The average Bonchev–Trinajstić information content (AvgIpc) is 2.99. The molecular weight excluding hydrogens is 349 g/mol. The van der Waals surface area contributed by atoms with Gasteiger partial charge in [-0.2, -0.15) is 0 Å². The van der Waals surface area contributed by atoms with E-state index >= 15 is 0 Å². The van der Waals surface area contributed by atoms with Crippen LogP contribution in [0.4, 0.5) is 4.39 Å². The molecule has 1 amide bonds. The van der Waals surface area contributed by atoms with Crippen LogP contribution in [-0.2, 0) is 11.2 Å². The number of benzene rings is 1. The fourth-order valence-corrected chi connectivity index (χ4v) is 3.98. The third kappa shape index (κ3) is 4.32. The first-order valence-corrected chi connectivity index (χ1v) is 8.68. The summed E-state index contributed by atoms with van der Waals surface area (Å²) in [5.74, 6) is -0.182. The van der Waals surface area contributed by atoms with Crippen LogP contribution >= 0.6 is 23.7 Å². The Bertz CT molecular complexity index is 690. The monoisotopic (exact) mass is 369 g/mol. The molecule has 0 aliphatic heterocycles. The number of hydrogen-bond acceptors (Lipinski definition) is 4. The van der Waals surface area contributed by atoms with Crippen LogP contribution in [-0.4, -0.2) is 24.5 Å². The summed E-state index contributed by atoms with van der Waals surface area (Å²) in [7, 11) is 1.84. The predicted molar refractivity (Wildman–Crippen MR) is 97.1 cm³/mol. The van der Waals surface area contributed by atoms with Crippen LogP contribution in [0.2, 0.25) is 0 Å². The van der Waals surface area contributed by atoms with Crippen molar-refractivity contribution in [3.05, 3.63) is 40.7 Å². The molecule has 0 bridgehead atoms. The number of thiazole rings is 1. The predicted octanol–water partition coefficient (Wildman–Crippen LogP) is 3.47. The van der Waals surface area contributed by atoms with E-state index in [2.05, 4.69) is 10.6 Å². The second-order valence-electron chi connectivity index (χ2n) is 5.70. The lowest BCUT2D eigenvalue weighted by Gasteiger charge is -2.22. The van der Waals surface area contributed by atoms with Gasteiger partial charge in [0, 0.05) is 18.5 Å². The number of amides is 1. The van der Waals surface area contributed by atoms with E-state index in [4.69, 9.17) is 4.98 Å². The van der Waals surface area contributed by atoms with E-state index in [9.17, 15) is 9.18 Å². The number of rotatable bonds is 5. The van der Waals surface area contributed by atoms with Gasteiger partial charge in [-0.25, -0.2) is 9.37 Å². The van der Waals surface area contributed by atoms with Crippen LogP contribution < -0.4 is 10.6 Å². The molecule has 0 spiro atoms. The van der Waals surface area contributed by atoms with Gasteiger partial charge in [0.2, 0.25) is 5.91 Å². The van der Waals surface area contributed by atoms with Crippen molar-refractivity contribution in [2.75, 3.05) is 13.6 Å². The molecule has 1 heterocycles. The largest absolute Gasteiger partial charge is 0.348 e. The van der Waals surface area contributed by atoms with Crippen molar-refractivity contribution in [1.82, 2.24) is 15.6 Å². The summed E-state index contributed by atoms with van der Waals surface area (Å²) in [6, 6.07) is 6.45. The summed E-state index contributed by atoms with van der Waals surface area (Å²) < 4.78 is 13.1. The van der Waals surface area contributed by atoms with E-state index in [1.54, 1.807) is 23.5 Å². The lowest BCUT2D eigenvalue weighted by atomic mass is 9.98. The molecule has 1 aromatic heterocycles. The van der Waals surface area contributed by atoms with E-state index in [-0.39, 0.29) is 30.2 Å². The normalized spacial score (nSPS) is 16.2. The minimum absolute atomic E-state index is 0. The first kappa shape index (κ1) is 18.8. The Labute approximate surface area is 151 Å². The van der Waals surface area contributed by atoms with Crippen molar-refractivity contribution >= 4 is 29.7 Å². The molecule has 24 heavy (non-hydrogen) atoms. The Morgan fingerprint density at radius 2 is 2.12 bits per heavy atom. The molecular formula is C17H21ClFN3OS. The molecule has 2 aromatic rings. The van der Waals surface area contributed by atoms with Gasteiger partial charge in [0.25, 0.3) is 0 Å². The van der Waals surface area contributed by atoms with E-state index in [1.165, 1.54) is 12.1 Å². The Kier molecular flexibility index (Phi) is 6.71. The SMILES string of the molecule is CNCCC(=O)NC1CCCc2nc(-c3ccc(F)cc3)sc21.Cl. The minimum Gasteiger partial charge on any atom is -0.348 e. The molecule has 7 heteroatoms. The summed E-state index contributed by atoms with van der Waals surface area (Å²) in [4.78, 5) is 17.8. The second-order valence-corrected chi connectivity index (χ2v) is 6.73. The van der Waals surface area contributed by atoms with Crippen LogP contribution in [0, 0.1) is 5.82 Å². The summed E-state index contributed by atoms with van der Waals surface area (Å²) >= 11 is 1.60. The van der Waals surface area contributed by atoms with Gasteiger partial charge in [0.1, 0.15) is 10.8 Å². The van der Waals surface area contributed by atoms with E-state index < -0.39 is 0 Å². The Morgan fingerprint density at radius 3 is 2.83 bits per heavy atom. The van der Waals surface area contributed by atoms with Gasteiger partial charge in [0.15, 0.2) is 0 Å². The number of fused-ring (bicyclic) bond motifs is 1. The van der Waals surface area contributed by atoms with Crippen molar-refractivity contribution in [2.45, 2.75) is 31.7 Å². The quantitative estimate of drug-likeness (QED) is 0.848. The molecule has 2 N–H and O–H groups in total. The topological polar surface area (TPSA) is 54.0 Å². The van der Waals surface area contributed by atoms with Gasteiger partial charge in [-0.15, -0.1) is 23.7 Å². The van der Waals surface area contributed by atoms with Gasteiger partial charge >= 0.3 is 0 Å². The van der Waals surface area contributed by atoms with Crippen LogP contribution in [0.15, 0.2) is 24.3 Å². The highest BCUT2D eigenvalue weighted by Gasteiger charge is 2.26. The number of hydrogen-bond donors (Lipinski definition) is 2. The molecule has 0 fully saturated rings. The first-order chi connectivity index (χ1) is 11.2. The number of halogens is 2. The number of carbonyl (C=O) groups is 1. The molecule has 1 atom stereocenters. The Morgan fingerprint density at radius 1 is 1.38 bits per heavy atom. The second kappa shape index (κ2) is 8.55. The molecule has 1 aliphatic rings. The number of nitrogens with one attached hydrogen (secondary N) is 2. The average molecular weight is 370 g/mol. The summed E-state index contributed by atoms with van der Waals surface area (Å²) in [5, 5.41) is 6.99. The van der Waals surface area contributed by atoms with Crippen LogP contribution in [0.5, 0.6) is 0 Å². The molecule has 130 valence electrons. The van der Waals surface area contributed by atoms with Gasteiger partial charge in [-0.05, 0) is 50.6 Å². The molecule has 1 aliphatic carbocycles. The van der Waals surface area contributed by atoms with Crippen molar-refractivity contribution in [1.29, 1.82) is 0 Å². The molecule has 3 rings (SSSR count). The zero-order valence-corrected chi connectivity index (χ0v) is 15.1. The van der Waals surface area contributed by atoms with Gasteiger partial charge in [-0.1, -0.05) is 0 Å². The zero-order chi connectivity index (χ0) is 16.2. The van der Waals surface area contributed by atoms with Crippen LogP contribution in [0.25, 0.3) is 10.6 Å². The lowest BCUT2D eigenvalue weighted by Crippen LogP contribution is -2.31. The maximum absolute atomic E-state index is 13.1. The van der Waals surface area contributed by atoms with Gasteiger partial charge in [-0.3, -0.25) is 4.79 Å². The minimum atomic E-state index is -0.246. The molecule has 0 radical (unpaired) electrons. The standard InChI is InChI=1S/C17H20FN3OS.ClH/c1-19-10-9-15(22)20-13-3-2-4-14-16(13)23-17(21-14)11-5-7-12(18)8-6-11;/h5-8,13,19H,2-4,9-10H2,1H3,(H,20,22);1H. The molecule has 1 unspecified atom stereocenters. The van der Waals surface area contributed by atoms with Crippen LogP contribution in [0.3, 0.4) is 0 Å². The van der Waals surface area contributed by atoms with Crippen molar-refractivity contribution in [3.8, 4) is 10.6 Å². The molecule has 1 aromatic carbocycles. The maximum atomic E-state index is 13.1. The third-order valence-electron chi connectivity index (χ3n) is 3.98. The van der Waals surface area contributed by atoms with Crippen molar-refractivity contribution < 1.29 is 9.18 Å². The number of carbonyl (C=O) groups excluding carboxylic acids is 1. The lowest BCUT2D eigenvalue weighted by molar-refractivity contribution is -0.121. The first-order valence-electron chi connectivity index (χ1n) is 7.87. The Hall–Kier alpha value is -1.50. The van der Waals surface area contributed by atoms with Gasteiger partial charge < -0.3 is 10.6 Å². The highest BCUT2D eigenvalue weighted by molar-refractivity contribution is 7.15. The summed E-state index contributed by atoms with van der Waals surface area (Å²) in [6.07, 6.45) is 3.39. The van der Waals surface area contributed by atoms with E-state index in [0.29, 0.717) is 13.0 Å². The fourth-order valence-electron chi connectivity index (χ4n) is 2.78. The number of aromatic nitrogens is 1. The zero-order valence-electron chi connectivity index (χ0n) is 13.5. The third-order valence-corrected chi connectivity index (χ3v) is 5.24. The van der Waals surface area contributed by atoms with Crippen molar-refractivity contribution in [3.63, 3.8) is 0 Å². The molecule has 0 saturated heterocycles. The molecule has 4 nitrogen and oxygen atoms in total.